The number of hydrogen-bond donors (Lipinski definition) is 0. The van der Waals surface area contributed by atoms with Gasteiger partial charge in [0.15, 0.2) is 0 Å². The van der Waals surface area contributed by atoms with Crippen LogP contribution in [0.3, 0.4) is 0 Å². The number of hydrogen-bond acceptors (Lipinski definition) is 3. The standard InChI is InChI=1S/C14H10ClFN2OS/c15-13-9(2-1-6-17-13)5-7-18-14(19)11-8-10(16)3-4-12(11)20-18/h1-4,6,8H,5,7H2. The lowest BCUT2D eigenvalue weighted by atomic mass is 10.2. The first-order valence-corrected chi connectivity index (χ1v) is 7.19. The molecule has 0 aliphatic rings. The Morgan fingerprint density at radius 1 is 1.35 bits per heavy atom. The van der Waals surface area contributed by atoms with Gasteiger partial charge in [0, 0.05) is 12.7 Å². The molecule has 0 aliphatic heterocycles. The maximum atomic E-state index is 13.2. The van der Waals surface area contributed by atoms with Gasteiger partial charge in [-0.1, -0.05) is 29.2 Å². The third-order valence-corrected chi connectivity index (χ3v) is 4.49. The van der Waals surface area contributed by atoms with Gasteiger partial charge < -0.3 is 0 Å². The first kappa shape index (κ1) is 13.3. The number of rotatable bonds is 3. The van der Waals surface area contributed by atoms with Crippen molar-refractivity contribution >= 4 is 33.2 Å². The van der Waals surface area contributed by atoms with E-state index in [1.54, 1.807) is 16.2 Å². The number of benzene rings is 1. The molecule has 0 spiro atoms. The van der Waals surface area contributed by atoms with Crippen molar-refractivity contribution in [1.29, 1.82) is 0 Å². The average molecular weight is 309 g/mol. The predicted molar refractivity (Wildman–Crippen MR) is 79.0 cm³/mol. The average Bonchev–Trinajstić information content (AvgIpc) is 2.75. The molecule has 0 atom stereocenters. The Morgan fingerprint density at radius 2 is 2.20 bits per heavy atom. The minimum absolute atomic E-state index is 0.162. The van der Waals surface area contributed by atoms with E-state index in [2.05, 4.69) is 4.98 Å². The zero-order valence-corrected chi connectivity index (χ0v) is 11.9. The molecule has 0 saturated heterocycles. The van der Waals surface area contributed by atoms with E-state index in [4.69, 9.17) is 11.6 Å². The van der Waals surface area contributed by atoms with Crippen molar-refractivity contribution < 1.29 is 4.39 Å². The quantitative estimate of drug-likeness (QED) is 0.694. The zero-order chi connectivity index (χ0) is 14.1. The van der Waals surface area contributed by atoms with Crippen LogP contribution in [0.25, 0.3) is 10.1 Å². The van der Waals surface area contributed by atoms with Crippen LogP contribution in [0.15, 0.2) is 41.3 Å². The van der Waals surface area contributed by atoms with Crippen molar-refractivity contribution in [3.8, 4) is 0 Å². The van der Waals surface area contributed by atoms with Gasteiger partial charge in [0.1, 0.15) is 11.0 Å². The molecule has 3 nitrogen and oxygen atoms in total. The molecule has 0 bridgehead atoms. The normalized spacial score (nSPS) is 11.1. The van der Waals surface area contributed by atoms with Gasteiger partial charge in [-0.2, -0.15) is 0 Å². The summed E-state index contributed by atoms with van der Waals surface area (Å²) in [4.78, 5) is 16.1. The zero-order valence-electron chi connectivity index (χ0n) is 10.3. The van der Waals surface area contributed by atoms with Crippen LogP contribution in [0, 0.1) is 5.82 Å². The summed E-state index contributed by atoms with van der Waals surface area (Å²) in [5.41, 5.74) is 0.731. The molecular formula is C14H10ClFN2OS. The summed E-state index contributed by atoms with van der Waals surface area (Å²) in [7, 11) is 0. The maximum Gasteiger partial charge on any atom is 0.268 e. The van der Waals surface area contributed by atoms with Crippen molar-refractivity contribution in [2.45, 2.75) is 13.0 Å². The molecular weight excluding hydrogens is 299 g/mol. The fourth-order valence-corrected chi connectivity index (χ4v) is 3.21. The highest BCUT2D eigenvalue weighted by atomic mass is 35.5. The summed E-state index contributed by atoms with van der Waals surface area (Å²) in [6, 6.07) is 7.96. The van der Waals surface area contributed by atoms with Gasteiger partial charge in [0.25, 0.3) is 5.56 Å². The number of nitrogens with zero attached hydrogens (tertiary/aromatic N) is 2. The van der Waals surface area contributed by atoms with Gasteiger partial charge in [0.2, 0.25) is 0 Å². The van der Waals surface area contributed by atoms with E-state index < -0.39 is 5.82 Å². The van der Waals surface area contributed by atoms with Gasteiger partial charge in [-0.15, -0.1) is 0 Å². The molecule has 1 aromatic carbocycles. The predicted octanol–water partition coefficient (Wildman–Crippen LogP) is 3.49. The highest BCUT2D eigenvalue weighted by molar-refractivity contribution is 7.13. The Hall–Kier alpha value is -1.72. The van der Waals surface area contributed by atoms with Crippen LogP contribution in [0.5, 0.6) is 0 Å². The Kier molecular flexibility index (Phi) is 3.54. The number of aryl methyl sites for hydroxylation is 2. The molecule has 0 radical (unpaired) electrons. The SMILES string of the molecule is O=c1c2cc(F)ccc2sn1CCc1cccnc1Cl. The minimum Gasteiger partial charge on any atom is -0.268 e. The molecule has 0 fully saturated rings. The van der Waals surface area contributed by atoms with E-state index in [0.29, 0.717) is 23.5 Å². The van der Waals surface area contributed by atoms with Crippen molar-refractivity contribution in [2.75, 3.05) is 0 Å². The van der Waals surface area contributed by atoms with E-state index >= 15 is 0 Å². The Labute approximate surface area is 123 Å². The molecule has 102 valence electrons. The molecule has 0 unspecified atom stereocenters. The third kappa shape index (κ3) is 2.46. The van der Waals surface area contributed by atoms with E-state index in [1.165, 1.54) is 23.7 Å². The molecule has 20 heavy (non-hydrogen) atoms. The van der Waals surface area contributed by atoms with Crippen LogP contribution >= 0.6 is 23.1 Å². The molecule has 2 heterocycles. The number of pyridine rings is 1. The summed E-state index contributed by atoms with van der Waals surface area (Å²) < 4.78 is 15.6. The Balaban J connectivity index is 1.90. The summed E-state index contributed by atoms with van der Waals surface area (Å²) in [6.07, 6.45) is 2.24. The lowest BCUT2D eigenvalue weighted by molar-refractivity contribution is 0.629. The summed E-state index contributed by atoms with van der Waals surface area (Å²) in [5, 5.41) is 0.875. The van der Waals surface area contributed by atoms with E-state index in [1.807, 2.05) is 12.1 Å². The van der Waals surface area contributed by atoms with Crippen molar-refractivity contribution in [1.82, 2.24) is 8.94 Å². The molecule has 3 aromatic rings. The Bertz CT molecular complexity index is 827. The number of aromatic nitrogens is 2. The maximum absolute atomic E-state index is 13.2. The fourth-order valence-electron chi connectivity index (χ4n) is 2.02. The minimum atomic E-state index is -0.394. The first-order chi connectivity index (χ1) is 9.65. The summed E-state index contributed by atoms with van der Waals surface area (Å²) in [5.74, 6) is -0.394. The molecule has 0 saturated carbocycles. The van der Waals surface area contributed by atoms with E-state index in [0.717, 1.165) is 10.3 Å². The topological polar surface area (TPSA) is 34.9 Å². The first-order valence-electron chi connectivity index (χ1n) is 6.04. The van der Waals surface area contributed by atoms with Crippen molar-refractivity contribution in [2.24, 2.45) is 0 Å². The molecule has 0 N–H and O–H groups in total. The Morgan fingerprint density at radius 3 is 3.00 bits per heavy atom. The van der Waals surface area contributed by atoms with Gasteiger partial charge in [-0.05, 0) is 36.2 Å². The van der Waals surface area contributed by atoms with Crippen molar-refractivity contribution in [3.05, 3.63) is 63.4 Å². The van der Waals surface area contributed by atoms with Crippen LogP contribution in [-0.2, 0) is 13.0 Å². The van der Waals surface area contributed by atoms with E-state index in [-0.39, 0.29) is 5.56 Å². The van der Waals surface area contributed by atoms with Crippen LogP contribution < -0.4 is 5.56 Å². The van der Waals surface area contributed by atoms with E-state index in [9.17, 15) is 9.18 Å². The smallest absolute Gasteiger partial charge is 0.268 e. The second-order valence-electron chi connectivity index (χ2n) is 4.34. The van der Waals surface area contributed by atoms with Crippen LogP contribution in [-0.4, -0.2) is 8.94 Å². The molecule has 3 rings (SSSR count). The van der Waals surface area contributed by atoms with Crippen LogP contribution in [0.2, 0.25) is 5.15 Å². The van der Waals surface area contributed by atoms with Gasteiger partial charge in [0.05, 0.1) is 10.1 Å². The third-order valence-electron chi connectivity index (χ3n) is 3.03. The number of fused-ring (bicyclic) bond motifs is 1. The van der Waals surface area contributed by atoms with Crippen LogP contribution in [0.4, 0.5) is 4.39 Å². The summed E-state index contributed by atoms with van der Waals surface area (Å²) in [6.45, 7) is 0.505. The molecule has 0 amide bonds. The lowest BCUT2D eigenvalue weighted by Crippen LogP contribution is -2.14. The van der Waals surface area contributed by atoms with Gasteiger partial charge in [-0.25, -0.2) is 9.37 Å². The molecule has 2 aromatic heterocycles. The highest BCUT2D eigenvalue weighted by Crippen LogP contribution is 2.19. The lowest BCUT2D eigenvalue weighted by Gasteiger charge is -2.02. The van der Waals surface area contributed by atoms with Gasteiger partial charge >= 0.3 is 0 Å². The molecule has 6 heteroatoms. The second-order valence-corrected chi connectivity index (χ2v) is 5.76. The van der Waals surface area contributed by atoms with Gasteiger partial charge in [-0.3, -0.25) is 8.75 Å². The molecule has 0 aliphatic carbocycles. The second kappa shape index (κ2) is 5.34. The fraction of sp³-hybridized carbons (Fsp3) is 0.143. The number of halogens is 2. The van der Waals surface area contributed by atoms with Crippen molar-refractivity contribution in [3.63, 3.8) is 0 Å². The van der Waals surface area contributed by atoms with Crippen LogP contribution in [0.1, 0.15) is 5.56 Å². The highest BCUT2D eigenvalue weighted by Gasteiger charge is 2.09. The summed E-state index contributed by atoms with van der Waals surface area (Å²) >= 11 is 7.32. The largest absolute Gasteiger partial charge is 0.268 e. The monoisotopic (exact) mass is 308 g/mol.